The number of ketones is 1. The van der Waals surface area contributed by atoms with Gasteiger partial charge in [-0.2, -0.15) is 0 Å². The van der Waals surface area contributed by atoms with E-state index in [9.17, 15) is 14.4 Å². The number of fused-ring (bicyclic) bond motifs is 1. The molecular formula is C22H21NO5. The van der Waals surface area contributed by atoms with Crippen LogP contribution >= 0.6 is 0 Å². The molecule has 0 aliphatic rings. The summed E-state index contributed by atoms with van der Waals surface area (Å²) in [5.41, 5.74) is 1.59. The van der Waals surface area contributed by atoms with Crippen LogP contribution in [0.5, 0.6) is 0 Å². The highest BCUT2D eigenvalue weighted by Gasteiger charge is 2.13. The first-order chi connectivity index (χ1) is 13.6. The number of rotatable bonds is 8. The van der Waals surface area contributed by atoms with Crippen LogP contribution in [0.2, 0.25) is 0 Å². The molecule has 1 N–H and O–H groups in total. The molecule has 0 radical (unpaired) electrons. The summed E-state index contributed by atoms with van der Waals surface area (Å²) in [5.74, 6) is -0.533. The zero-order valence-corrected chi connectivity index (χ0v) is 15.6. The lowest BCUT2D eigenvalue weighted by Crippen LogP contribution is -2.16. The van der Waals surface area contributed by atoms with Crippen molar-refractivity contribution in [1.82, 2.24) is 0 Å². The van der Waals surface area contributed by atoms with Crippen molar-refractivity contribution in [1.29, 1.82) is 0 Å². The molecule has 0 unspecified atom stereocenters. The van der Waals surface area contributed by atoms with Crippen LogP contribution < -0.4 is 10.9 Å². The number of benzene rings is 2. The third-order valence-electron chi connectivity index (χ3n) is 4.23. The first-order valence-corrected chi connectivity index (χ1v) is 9.11. The van der Waals surface area contributed by atoms with E-state index in [1.165, 1.54) is 0 Å². The monoisotopic (exact) mass is 379 g/mol. The number of hydrogen-bond donors (Lipinski definition) is 1. The standard InChI is InChI=1S/C22H21NO5/c1-2-27-21(25)13-15-7-9-17(10-8-15)23-12-11-19(24)18-14-16-5-3-4-6-20(16)28-22(18)26/h3-10,14,23H,2,11-13H2,1H3. The molecule has 0 aliphatic carbocycles. The third kappa shape index (κ3) is 4.85. The SMILES string of the molecule is CCOC(=O)Cc1ccc(NCCC(=O)c2cc3ccccc3oc2=O)cc1. The molecule has 6 nitrogen and oxygen atoms in total. The van der Waals surface area contributed by atoms with E-state index in [1.54, 1.807) is 31.2 Å². The molecule has 0 saturated heterocycles. The largest absolute Gasteiger partial charge is 0.466 e. The van der Waals surface area contributed by atoms with Crippen molar-refractivity contribution in [2.45, 2.75) is 19.8 Å². The minimum absolute atomic E-state index is 0.0604. The molecule has 1 aromatic heterocycles. The second-order valence-electron chi connectivity index (χ2n) is 6.26. The van der Waals surface area contributed by atoms with Gasteiger partial charge >= 0.3 is 11.6 Å². The molecule has 2 aromatic carbocycles. The van der Waals surface area contributed by atoms with E-state index in [-0.39, 0.29) is 30.2 Å². The van der Waals surface area contributed by atoms with Crippen molar-refractivity contribution in [2.75, 3.05) is 18.5 Å². The summed E-state index contributed by atoms with van der Waals surface area (Å²) in [6.07, 6.45) is 0.387. The van der Waals surface area contributed by atoms with Gasteiger partial charge in [0.25, 0.3) is 0 Å². The summed E-state index contributed by atoms with van der Waals surface area (Å²) in [6, 6.07) is 16.0. The minimum Gasteiger partial charge on any atom is -0.466 e. The topological polar surface area (TPSA) is 85.6 Å². The normalized spacial score (nSPS) is 10.6. The molecule has 28 heavy (non-hydrogen) atoms. The quantitative estimate of drug-likeness (QED) is 0.366. The number of anilines is 1. The average Bonchev–Trinajstić information content (AvgIpc) is 2.69. The van der Waals surface area contributed by atoms with E-state index in [0.717, 1.165) is 16.6 Å². The van der Waals surface area contributed by atoms with Crippen LogP contribution in [0.25, 0.3) is 11.0 Å². The molecule has 0 amide bonds. The Morgan fingerprint density at radius 1 is 1.07 bits per heavy atom. The van der Waals surface area contributed by atoms with E-state index in [0.29, 0.717) is 18.7 Å². The van der Waals surface area contributed by atoms with E-state index in [4.69, 9.17) is 9.15 Å². The number of Topliss-reactive ketones (excluding diaryl/α,β-unsaturated/α-hetero) is 1. The van der Waals surface area contributed by atoms with Gasteiger partial charge in [-0.25, -0.2) is 4.79 Å². The second kappa shape index (κ2) is 8.99. The molecule has 6 heteroatoms. The zero-order chi connectivity index (χ0) is 19.9. The van der Waals surface area contributed by atoms with Gasteiger partial charge in [0.05, 0.1) is 13.0 Å². The Morgan fingerprint density at radius 3 is 2.57 bits per heavy atom. The van der Waals surface area contributed by atoms with Gasteiger partial charge in [0.15, 0.2) is 5.78 Å². The van der Waals surface area contributed by atoms with Crippen LogP contribution in [0.15, 0.2) is 63.8 Å². The summed E-state index contributed by atoms with van der Waals surface area (Å²) >= 11 is 0. The maximum Gasteiger partial charge on any atom is 0.347 e. The summed E-state index contributed by atoms with van der Waals surface area (Å²) < 4.78 is 10.1. The van der Waals surface area contributed by atoms with Gasteiger partial charge < -0.3 is 14.5 Å². The highest BCUT2D eigenvalue weighted by molar-refractivity contribution is 5.98. The Hall–Kier alpha value is -3.41. The maximum atomic E-state index is 12.4. The predicted octanol–water partition coefficient (Wildman–Crippen LogP) is 3.58. The van der Waals surface area contributed by atoms with Crippen molar-refractivity contribution in [3.05, 3.63) is 76.1 Å². The summed E-state index contributed by atoms with van der Waals surface area (Å²) in [7, 11) is 0. The van der Waals surface area contributed by atoms with Crippen LogP contribution in [-0.2, 0) is 16.0 Å². The number of para-hydroxylation sites is 1. The lowest BCUT2D eigenvalue weighted by Gasteiger charge is -2.07. The first kappa shape index (κ1) is 19.4. The van der Waals surface area contributed by atoms with E-state index in [1.807, 2.05) is 30.3 Å². The number of carbonyl (C=O) groups excluding carboxylic acids is 2. The molecular weight excluding hydrogens is 358 g/mol. The highest BCUT2D eigenvalue weighted by Crippen LogP contribution is 2.14. The van der Waals surface area contributed by atoms with Crippen molar-refractivity contribution in [2.24, 2.45) is 0 Å². The van der Waals surface area contributed by atoms with Gasteiger partial charge in [0.1, 0.15) is 11.1 Å². The zero-order valence-electron chi connectivity index (χ0n) is 15.6. The fourth-order valence-electron chi connectivity index (χ4n) is 2.83. The maximum absolute atomic E-state index is 12.4. The van der Waals surface area contributed by atoms with Crippen molar-refractivity contribution in [3.8, 4) is 0 Å². The van der Waals surface area contributed by atoms with Gasteiger partial charge in [0, 0.05) is 24.0 Å². The van der Waals surface area contributed by atoms with Crippen molar-refractivity contribution in [3.63, 3.8) is 0 Å². The molecule has 0 fully saturated rings. The number of hydrogen-bond acceptors (Lipinski definition) is 6. The fourth-order valence-corrected chi connectivity index (χ4v) is 2.83. The van der Waals surface area contributed by atoms with Gasteiger partial charge in [-0.05, 0) is 36.8 Å². The first-order valence-electron chi connectivity index (χ1n) is 9.11. The lowest BCUT2D eigenvalue weighted by molar-refractivity contribution is -0.142. The number of ether oxygens (including phenoxy) is 1. The second-order valence-corrected chi connectivity index (χ2v) is 6.26. The molecule has 3 rings (SSSR count). The summed E-state index contributed by atoms with van der Waals surface area (Å²) in [5, 5.41) is 3.86. The van der Waals surface area contributed by atoms with Crippen LogP contribution in [-0.4, -0.2) is 24.9 Å². The van der Waals surface area contributed by atoms with E-state index >= 15 is 0 Å². The number of esters is 1. The molecule has 3 aromatic rings. The minimum atomic E-state index is -0.619. The fraction of sp³-hybridized carbons (Fsp3) is 0.227. The third-order valence-corrected chi connectivity index (χ3v) is 4.23. The van der Waals surface area contributed by atoms with Crippen LogP contribution in [0.4, 0.5) is 5.69 Å². The smallest absolute Gasteiger partial charge is 0.347 e. The molecule has 0 spiro atoms. The van der Waals surface area contributed by atoms with Gasteiger partial charge in [-0.15, -0.1) is 0 Å². The highest BCUT2D eigenvalue weighted by atomic mass is 16.5. The molecule has 1 heterocycles. The van der Waals surface area contributed by atoms with E-state index in [2.05, 4.69) is 5.32 Å². The van der Waals surface area contributed by atoms with Crippen LogP contribution in [0.1, 0.15) is 29.3 Å². The van der Waals surface area contributed by atoms with Crippen LogP contribution in [0, 0.1) is 0 Å². The molecule has 0 bridgehead atoms. The Morgan fingerprint density at radius 2 is 1.82 bits per heavy atom. The van der Waals surface area contributed by atoms with Gasteiger partial charge in [-0.3, -0.25) is 9.59 Å². The molecule has 144 valence electrons. The average molecular weight is 379 g/mol. The Balaban J connectivity index is 1.56. The Bertz CT molecular complexity index is 1040. The summed E-state index contributed by atoms with van der Waals surface area (Å²) in [4.78, 5) is 35.9. The molecule has 0 saturated carbocycles. The Labute approximate surface area is 162 Å². The number of nitrogens with one attached hydrogen (secondary N) is 1. The Kier molecular flexibility index (Phi) is 6.22. The molecule has 0 atom stereocenters. The van der Waals surface area contributed by atoms with Gasteiger partial charge in [-0.1, -0.05) is 30.3 Å². The van der Waals surface area contributed by atoms with Crippen molar-refractivity contribution >= 4 is 28.4 Å². The summed E-state index contributed by atoms with van der Waals surface area (Å²) in [6.45, 7) is 2.51. The van der Waals surface area contributed by atoms with Crippen molar-refractivity contribution < 1.29 is 18.7 Å². The number of carbonyl (C=O) groups is 2. The van der Waals surface area contributed by atoms with E-state index < -0.39 is 5.63 Å². The predicted molar refractivity (Wildman–Crippen MR) is 107 cm³/mol. The van der Waals surface area contributed by atoms with Gasteiger partial charge in [0.2, 0.25) is 0 Å². The molecule has 0 aliphatic heterocycles. The van der Waals surface area contributed by atoms with Crippen LogP contribution in [0.3, 0.4) is 0 Å². The lowest BCUT2D eigenvalue weighted by atomic mass is 10.1.